The number of nitrogens with one attached hydrogen (secondary N) is 1. The van der Waals surface area contributed by atoms with Crippen LogP contribution >= 0.6 is 0 Å². The predicted molar refractivity (Wildman–Crippen MR) is 109 cm³/mol. The molecule has 1 amide bonds. The first-order valence-corrected chi connectivity index (χ1v) is 10.9. The zero-order valence-corrected chi connectivity index (χ0v) is 17.1. The second-order valence-corrected chi connectivity index (χ2v) is 8.71. The van der Waals surface area contributed by atoms with Gasteiger partial charge in [0.2, 0.25) is 15.9 Å². The first-order chi connectivity index (χ1) is 13.4. The molecule has 1 aliphatic rings. The summed E-state index contributed by atoms with van der Waals surface area (Å²) < 4.78 is 27.6. The molecule has 0 spiro atoms. The summed E-state index contributed by atoms with van der Waals surface area (Å²) in [6, 6.07) is 11.1. The third-order valence-electron chi connectivity index (χ3n) is 4.87. The molecule has 0 aliphatic carbocycles. The van der Waals surface area contributed by atoms with Crippen molar-refractivity contribution >= 4 is 21.7 Å². The molecule has 7 nitrogen and oxygen atoms in total. The number of sulfonamides is 1. The molecular formula is C20H26N4O3S. The minimum Gasteiger partial charge on any atom is -0.353 e. The zero-order chi connectivity index (χ0) is 20.1. The number of piperazine rings is 1. The van der Waals surface area contributed by atoms with Crippen molar-refractivity contribution in [2.24, 2.45) is 0 Å². The number of rotatable bonds is 6. The van der Waals surface area contributed by atoms with Crippen LogP contribution in [-0.2, 0) is 14.8 Å². The van der Waals surface area contributed by atoms with Gasteiger partial charge in [-0.1, -0.05) is 18.2 Å². The molecule has 0 atom stereocenters. The van der Waals surface area contributed by atoms with Gasteiger partial charge in [0.15, 0.2) is 0 Å². The Kier molecular flexibility index (Phi) is 6.31. The average molecular weight is 403 g/mol. The molecule has 2 heterocycles. The van der Waals surface area contributed by atoms with E-state index in [1.807, 2.05) is 31.2 Å². The normalized spacial score (nSPS) is 14.9. The highest BCUT2D eigenvalue weighted by Crippen LogP contribution is 2.17. The topological polar surface area (TPSA) is 82.6 Å². The highest BCUT2D eigenvalue weighted by molar-refractivity contribution is 7.89. The van der Waals surface area contributed by atoms with Crippen molar-refractivity contribution in [2.75, 3.05) is 37.6 Å². The lowest BCUT2D eigenvalue weighted by atomic mass is 10.2. The minimum absolute atomic E-state index is 0.0377. The number of hydrogen-bond acceptors (Lipinski definition) is 5. The molecule has 1 aliphatic heterocycles. The van der Waals surface area contributed by atoms with Gasteiger partial charge in [0.1, 0.15) is 5.82 Å². The fourth-order valence-corrected chi connectivity index (χ4v) is 4.61. The Balaban J connectivity index is 1.49. The number of nitrogens with zero attached hydrogens (tertiary/aromatic N) is 3. The number of aromatic nitrogens is 1. The number of amides is 1. The van der Waals surface area contributed by atoms with Crippen LogP contribution in [0, 0.1) is 13.8 Å². The number of aryl methyl sites for hydroxylation is 2. The van der Waals surface area contributed by atoms with Crippen LogP contribution in [0.4, 0.5) is 5.82 Å². The quantitative estimate of drug-likeness (QED) is 0.796. The van der Waals surface area contributed by atoms with E-state index in [-0.39, 0.29) is 23.8 Å². The van der Waals surface area contributed by atoms with Gasteiger partial charge in [-0.3, -0.25) is 4.79 Å². The molecule has 2 aromatic rings. The van der Waals surface area contributed by atoms with E-state index in [0.29, 0.717) is 18.7 Å². The summed E-state index contributed by atoms with van der Waals surface area (Å²) in [6.45, 7) is 6.37. The van der Waals surface area contributed by atoms with Gasteiger partial charge in [0.05, 0.1) is 4.90 Å². The maximum atomic E-state index is 12.5. The van der Waals surface area contributed by atoms with Gasteiger partial charge in [-0.15, -0.1) is 0 Å². The van der Waals surface area contributed by atoms with Crippen molar-refractivity contribution in [2.45, 2.75) is 25.2 Å². The Hall–Kier alpha value is -2.45. The smallest absolute Gasteiger partial charge is 0.240 e. The van der Waals surface area contributed by atoms with Crippen LogP contribution in [0.25, 0.3) is 0 Å². The Morgan fingerprint density at radius 3 is 2.54 bits per heavy atom. The van der Waals surface area contributed by atoms with E-state index in [2.05, 4.69) is 14.6 Å². The Morgan fingerprint density at radius 2 is 1.86 bits per heavy atom. The summed E-state index contributed by atoms with van der Waals surface area (Å²) in [7, 11) is -3.62. The van der Waals surface area contributed by atoms with Crippen LogP contribution in [0.15, 0.2) is 47.5 Å². The molecule has 3 rings (SSSR count). The Bertz CT molecular complexity index is 924. The molecule has 150 valence electrons. The van der Waals surface area contributed by atoms with Crippen LogP contribution in [0.2, 0.25) is 0 Å². The first kappa shape index (κ1) is 20.3. The number of carbonyl (C=O) groups excluding carboxylic acids is 1. The summed E-state index contributed by atoms with van der Waals surface area (Å²) in [5.74, 6) is 0.875. The van der Waals surface area contributed by atoms with Gasteiger partial charge in [-0.2, -0.15) is 0 Å². The molecule has 28 heavy (non-hydrogen) atoms. The second-order valence-electron chi connectivity index (χ2n) is 6.97. The highest BCUT2D eigenvalue weighted by Gasteiger charge is 2.22. The molecular weight excluding hydrogens is 376 g/mol. The van der Waals surface area contributed by atoms with Crippen LogP contribution in [-0.4, -0.2) is 56.9 Å². The van der Waals surface area contributed by atoms with Crippen molar-refractivity contribution in [1.82, 2.24) is 14.6 Å². The monoisotopic (exact) mass is 402 g/mol. The van der Waals surface area contributed by atoms with Gasteiger partial charge in [-0.25, -0.2) is 18.1 Å². The fraction of sp³-hybridized carbons (Fsp3) is 0.400. The SMILES string of the molecule is Cc1ccc(C)c(S(=O)(=O)NCCC(=O)N2CCN(c3ccccn3)CC2)c1. The van der Waals surface area contributed by atoms with Gasteiger partial charge >= 0.3 is 0 Å². The van der Waals surface area contributed by atoms with Crippen molar-refractivity contribution in [3.8, 4) is 0 Å². The number of carbonyl (C=O) groups is 1. The predicted octanol–water partition coefficient (Wildman–Crippen LogP) is 1.72. The summed E-state index contributed by atoms with van der Waals surface area (Å²) in [5.41, 5.74) is 1.57. The molecule has 1 fully saturated rings. The van der Waals surface area contributed by atoms with Gasteiger partial charge < -0.3 is 9.80 Å². The lowest BCUT2D eigenvalue weighted by molar-refractivity contribution is -0.131. The number of anilines is 1. The van der Waals surface area contributed by atoms with Gasteiger partial charge in [0.25, 0.3) is 0 Å². The molecule has 1 aromatic carbocycles. The molecule has 8 heteroatoms. The molecule has 0 saturated carbocycles. The first-order valence-electron chi connectivity index (χ1n) is 9.37. The zero-order valence-electron chi connectivity index (χ0n) is 16.3. The third kappa shape index (κ3) is 4.88. The van der Waals surface area contributed by atoms with E-state index in [1.165, 1.54) is 0 Å². The van der Waals surface area contributed by atoms with Crippen LogP contribution in [0.1, 0.15) is 17.5 Å². The van der Waals surface area contributed by atoms with E-state index < -0.39 is 10.0 Å². The number of hydrogen-bond donors (Lipinski definition) is 1. The van der Waals surface area contributed by atoms with Crippen molar-refractivity contribution in [1.29, 1.82) is 0 Å². The molecule has 1 aromatic heterocycles. The van der Waals surface area contributed by atoms with Gasteiger partial charge in [0, 0.05) is 45.3 Å². The molecule has 0 radical (unpaired) electrons. The van der Waals surface area contributed by atoms with Crippen LogP contribution < -0.4 is 9.62 Å². The van der Waals surface area contributed by atoms with Crippen molar-refractivity contribution in [3.63, 3.8) is 0 Å². The molecule has 0 unspecified atom stereocenters. The van der Waals surface area contributed by atoms with Gasteiger partial charge in [-0.05, 0) is 43.2 Å². The average Bonchev–Trinajstić information content (AvgIpc) is 2.70. The van der Waals surface area contributed by atoms with Crippen molar-refractivity contribution < 1.29 is 13.2 Å². The lowest BCUT2D eigenvalue weighted by Gasteiger charge is -2.35. The van der Waals surface area contributed by atoms with E-state index in [9.17, 15) is 13.2 Å². The fourth-order valence-electron chi connectivity index (χ4n) is 3.25. The van der Waals surface area contributed by atoms with E-state index >= 15 is 0 Å². The van der Waals surface area contributed by atoms with E-state index in [0.717, 1.165) is 24.5 Å². The lowest BCUT2D eigenvalue weighted by Crippen LogP contribution is -2.49. The molecule has 1 N–H and O–H groups in total. The summed E-state index contributed by atoms with van der Waals surface area (Å²) >= 11 is 0. The summed E-state index contributed by atoms with van der Waals surface area (Å²) in [6.07, 6.45) is 1.91. The van der Waals surface area contributed by atoms with E-state index in [4.69, 9.17) is 0 Å². The Morgan fingerprint density at radius 1 is 1.11 bits per heavy atom. The largest absolute Gasteiger partial charge is 0.353 e. The third-order valence-corrected chi connectivity index (χ3v) is 6.47. The second kappa shape index (κ2) is 8.70. The standard InChI is InChI=1S/C20H26N4O3S/c1-16-6-7-17(2)18(15-16)28(26,27)22-10-8-20(25)24-13-11-23(12-14-24)19-5-3-4-9-21-19/h3-7,9,15,22H,8,10-14H2,1-2H3. The minimum atomic E-state index is -3.62. The Labute approximate surface area is 166 Å². The number of pyridine rings is 1. The summed E-state index contributed by atoms with van der Waals surface area (Å²) in [4.78, 5) is 21.0. The molecule has 0 bridgehead atoms. The van der Waals surface area contributed by atoms with E-state index in [1.54, 1.807) is 30.2 Å². The number of benzene rings is 1. The van der Waals surface area contributed by atoms with Crippen molar-refractivity contribution in [3.05, 3.63) is 53.7 Å². The maximum Gasteiger partial charge on any atom is 0.240 e. The van der Waals surface area contributed by atoms with Crippen LogP contribution in [0.5, 0.6) is 0 Å². The summed E-state index contributed by atoms with van der Waals surface area (Å²) in [5, 5.41) is 0. The highest BCUT2D eigenvalue weighted by atomic mass is 32.2. The molecule has 1 saturated heterocycles. The van der Waals surface area contributed by atoms with Crippen LogP contribution in [0.3, 0.4) is 0 Å². The maximum absolute atomic E-state index is 12.5.